The molecule has 2 N–H and O–H groups in total. The Kier molecular flexibility index (Phi) is 8.58. The third-order valence-corrected chi connectivity index (χ3v) is 6.66. The number of nitrogens with zero attached hydrogens (tertiary/aromatic N) is 1. The maximum absolute atomic E-state index is 13.3. The molecule has 3 aromatic rings. The average Bonchev–Trinajstić information content (AvgIpc) is 2.89. The van der Waals surface area contributed by atoms with Crippen molar-refractivity contribution in [2.45, 2.75) is 25.5 Å². The molecule has 1 fully saturated rings. The molecule has 1 amide bonds. The normalized spacial score (nSPS) is 15.6. The molecule has 0 saturated carbocycles. The molecule has 6 heteroatoms. The Bertz CT molecular complexity index is 1050. The van der Waals surface area contributed by atoms with Gasteiger partial charge >= 0.3 is 0 Å². The van der Waals surface area contributed by atoms with Gasteiger partial charge in [-0.3, -0.25) is 9.69 Å². The summed E-state index contributed by atoms with van der Waals surface area (Å²) >= 11 is 6.09. The number of ether oxygens (including phenoxy) is 1. The van der Waals surface area contributed by atoms with Gasteiger partial charge in [0.15, 0.2) is 0 Å². The molecule has 34 heavy (non-hydrogen) atoms. The highest BCUT2D eigenvalue weighted by Gasteiger charge is 2.28. The molecular formula is C28H31ClN2O3. The van der Waals surface area contributed by atoms with Crippen LogP contribution in [0.3, 0.4) is 0 Å². The summed E-state index contributed by atoms with van der Waals surface area (Å²) < 4.78 is 5.81. The van der Waals surface area contributed by atoms with Crippen LogP contribution in [-0.4, -0.2) is 42.2 Å². The molecule has 1 aliphatic rings. The molecule has 1 aliphatic heterocycles. The first-order valence-corrected chi connectivity index (χ1v) is 12.2. The van der Waals surface area contributed by atoms with Crippen LogP contribution in [0.15, 0.2) is 78.9 Å². The van der Waals surface area contributed by atoms with E-state index in [2.05, 4.69) is 10.2 Å². The van der Waals surface area contributed by atoms with Crippen LogP contribution in [0.2, 0.25) is 5.02 Å². The first-order valence-electron chi connectivity index (χ1n) is 11.8. The molecule has 1 unspecified atom stereocenters. The molecule has 178 valence electrons. The maximum Gasteiger partial charge on any atom is 0.223 e. The first-order chi connectivity index (χ1) is 16.6. The van der Waals surface area contributed by atoms with Crippen molar-refractivity contribution in [3.8, 4) is 5.75 Å². The van der Waals surface area contributed by atoms with Gasteiger partial charge in [0, 0.05) is 17.5 Å². The van der Waals surface area contributed by atoms with Crippen molar-refractivity contribution in [3.63, 3.8) is 0 Å². The largest absolute Gasteiger partial charge is 0.492 e. The number of nitrogens with one attached hydrogen (secondary N) is 1. The Hall–Kier alpha value is -2.86. The van der Waals surface area contributed by atoms with E-state index in [1.807, 2.05) is 78.9 Å². The lowest BCUT2D eigenvalue weighted by Gasteiger charge is -2.32. The number of amides is 1. The lowest BCUT2D eigenvalue weighted by molar-refractivity contribution is -0.127. The van der Waals surface area contributed by atoms with Crippen molar-refractivity contribution < 1.29 is 14.6 Å². The molecule has 0 bridgehead atoms. The zero-order chi connectivity index (χ0) is 23.8. The third-order valence-electron chi connectivity index (χ3n) is 6.40. The van der Waals surface area contributed by atoms with Crippen molar-refractivity contribution >= 4 is 17.5 Å². The van der Waals surface area contributed by atoms with Crippen molar-refractivity contribution in [1.82, 2.24) is 10.2 Å². The summed E-state index contributed by atoms with van der Waals surface area (Å²) in [5, 5.41) is 13.8. The maximum atomic E-state index is 13.3. The Morgan fingerprint density at radius 1 is 1.00 bits per heavy atom. The molecule has 1 heterocycles. The van der Waals surface area contributed by atoms with E-state index in [1.165, 1.54) is 0 Å². The Labute approximate surface area is 206 Å². The minimum absolute atomic E-state index is 0.0395. The Morgan fingerprint density at radius 2 is 1.68 bits per heavy atom. The lowest BCUT2D eigenvalue weighted by Crippen LogP contribution is -2.43. The highest BCUT2D eigenvalue weighted by molar-refractivity contribution is 6.30. The molecule has 0 aromatic heterocycles. The van der Waals surface area contributed by atoms with Gasteiger partial charge in [0.05, 0.1) is 12.6 Å². The monoisotopic (exact) mass is 478 g/mol. The Balaban J connectivity index is 1.36. The zero-order valence-corrected chi connectivity index (χ0v) is 20.0. The standard InChI is InChI=1S/C28H31ClN2O3/c29-24-12-10-21(11-13-24)27(26-9-5-4-6-23(26)20-32)30-28(33)22-14-16-31(17-15-22)18-19-34-25-7-2-1-3-8-25/h1-13,22,27,32H,14-20H2,(H,30,33). The van der Waals surface area contributed by atoms with Gasteiger partial charge in [0.25, 0.3) is 0 Å². The summed E-state index contributed by atoms with van der Waals surface area (Å²) in [7, 11) is 0. The number of aliphatic hydroxyl groups excluding tert-OH is 1. The minimum Gasteiger partial charge on any atom is -0.492 e. The summed E-state index contributed by atoms with van der Waals surface area (Å²) in [4.78, 5) is 15.6. The van der Waals surface area contributed by atoms with Gasteiger partial charge in [-0.25, -0.2) is 0 Å². The van der Waals surface area contributed by atoms with Gasteiger partial charge in [-0.15, -0.1) is 0 Å². The quantitative estimate of drug-likeness (QED) is 0.462. The molecule has 1 atom stereocenters. The van der Waals surface area contributed by atoms with Gasteiger partial charge < -0.3 is 15.2 Å². The number of benzene rings is 3. The summed E-state index contributed by atoms with van der Waals surface area (Å²) in [5.41, 5.74) is 2.64. The second-order valence-electron chi connectivity index (χ2n) is 8.63. The van der Waals surface area contributed by atoms with E-state index in [4.69, 9.17) is 16.3 Å². The van der Waals surface area contributed by atoms with E-state index in [-0.39, 0.29) is 24.5 Å². The molecule has 0 radical (unpaired) electrons. The van der Waals surface area contributed by atoms with E-state index < -0.39 is 0 Å². The Morgan fingerprint density at radius 3 is 2.38 bits per heavy atom. The lowest BCUT2D eigenvalue weighted by atomic mass is 9.91. The van der Waals surface area contributed by atoms with Crippen LogP contribution in [0, 0.1) is 5.92 Å². The topological polar surface area (TPSA) is 61.8 Å². The molecule has 3 aromatic carbocycles. The third kappa shape index (κ3) is 6.38. The zero-order valence-electron chi connectivity index (χ0n) is 19.2. The number of likely N-dealkylation sites (tertiary alicyclic amines) is 1. The van der Waals surface area contributed by atoms with Crippen molar-refractivity contribution in [3.05, 3.63) is 101 Å². The molecule has 5 nitrogen and oxygen atoms in total. The van der Waals surface area contributed by atoms with Gasteiger partial charge in [-0.2, -0.15) is 0 Å². The number of hydrogen-bond donors (Lipinski definition) is 2. The number of rotatable bonds is 9. The molecular weight excluding hydrogens is 448 g/mol. The van der Waals surface area contributed by atoms with Crippen LogP contribution >= 0.6 is 11.6 Å². The molecule has 1 saturated heterocycles. The number of halogens is 1. The smallest absolute Gasteiger partial charge is 0.223 e. The van der Waals surface area contributed by atoms with Crippen LogP contribution < -0.4 is 10.1 Å². The van der Waals surface area contributed by atoms with E-state index in [0.717, 1.165) is 54.9 Å². The van der Waals surface area contributed by atoms with Gasteiger partial charge in [0.2, 0.25) is 5.91 Å². The summed E-state index contributed by atoms with van der Waals surface area (Å²) in [6.07, 6.45) is 1.62. The fourth-order valence-electron chi connectivity index (χ4n) is 4.44. The minimum atomic E-state index is -0.342. The number of carbonyl (C=O) groups is 1. The van der Waals surface area contributed by atoms with E-state index in [9.17, 15) is 9.90 Å². The summed E-state index contributed by atoms with van der Waals surface area (Å²) in [5.74, 6) is 0.892. The molecule has 4 rings (SSSR count). The summed E-state index contributed by atoms with van der Waals surface area (Å²) in [6.45, 7) is 3.14. The fraction of sp³-hybridized carbons (Fsp3) is 0.321. The fourth-order valence-corrected chi connectivity index (χ4v) is 4.57. The second kappa shape index (κ2) is 12.0. The van der Waals surface area contributed by atoms with E-state index in [1.54, 1.807) is 0 Å². The number of para-hydroxylation sites is 1. The number of hydrogen-bond acceptors (Lipinski definition) is 4. The second-order valence-corrected chi connectivity index (χ2v) is 9.06. The summed E-state index contributed by atoms with van der Waals surface area (Å²) in [6, 6.07) is 24.7. The van der Waals surface area contributed by atoms with E-state index >= 15 is 0 Å². The number of carbonyl (C=O) groups excluding carboxylic acids is 1. The van der Waals surface area contributed by atoms with E-state index in [0.29, 0.717) is 11.6 Å². The van der Waals surface area contributed by atoms with Gasteiger partial charge in [-0.05, 0) is 66.9 Å². The predicted octanol–water partition coefficient (Wildman–Crippen LogP) is 4.83. The van der Waals surface area contributed by atoms with Crippen LogP contribution in [0.1, 0.15) is 35.6 Å². The van der Waals surface area contributed by atoms with Crippen LogP contribution in [0.5, 0.6) is 5.75 Å². The van der Waals surface area contributed by atoms with Crippen molar-refractivity contribution in [2.75, 3.05) is 26.2 Å². The first kappa shape index (κ1) is 24.3. The number of aliphatic hydroxyl groups is 1. The van der Waals surface area contributed by atoms with Crippen LogP contribution in [0.25, 0.3) is 0 Å². The predicted molar refractivity (Wildman–Crippen MR) is 135 cm³/mol. The van der Waals surface area contributed by atoms with Gasteiger partial charge in [0.1, 0.15) is 12.4 Å². The highest BCUT2D eigenvalue weighted by atomic mass is 35.5. The van der Waals surface area contributed by atoms with Crippen molar-refractivity contribution in [2.24, 2.45) is 5.92 Å². The van der Waals surface area contributed by atoms with Crippen LogP contribution in [-0.2, 0) is 11.4 Å². The van der Waals surface area contributed by atoms with Crippen molar-refractivity contribution in [1.29, 1.82) is 0 Å². The SMILES string of the molecule is O=C(NC(c1ccc(Cl)cc1)c1ccccc1CO)C1CCN(CCOc2ccccc2)CC1. The van der Waals surface area contributed by atoms with Crippen LogP contribution in [0.4, 0.5) is 0 Å². The average molecular weight is 479 g/mol. The molecule has 0 spiro atoms. The number of piperidine rings is 1. The highest BCUT2D eigenvalue weighted by Crippen LogP contribution is 2.28. The molecule has 0 aliphatic carbocycles. The van der Waals surface area contributed by atoms with Gasteiger partial charge in [-0.1, -0.05) is 66.2 Å².